The highest BCUT2D eigenvalue weighted by atomic mass is 16.4. The first-order chi connectivity index (χ1) is 21.8. The lowest BCUT2D eigenvalue weighted by Crippen LogP contribution is -2.00. The second kappa shape index (κ2) is 9.71. The van der Waals surface area contributed by atoms with Crippen LogP contribution in [0.3, 0.4) is 0 Å². The molecule has 3 aromatic heterocycles. The molecule has 0 aliphatic heterocycles. The average Bonchev–Trinajstić information content (AvgIpc) is 3.71. The van der Waals surface area contributed by atoms with E-state index in [4.69, 9.17) is 28.8 Å². The van der Waals surface area contributed by atoms with E-state index >= 15 is 0 Å². The first-order valence-corrected chi connectivity index (χ1v) is 14.4. The zero-order valence-corrected chi connectivity index (χ0v) is 23.3. The molecule has 0 aliphatic rings. The number of benzene rings is 6. The van der Waals surface area contributed by atoms with Crippen molar-refractivity contribution in [1.82, 2.24) is 19.9 Å². The Hall–Kier alpha value is -6.14. The van der Waals surface area contributed by atoms with Crippen molar-refractivity contribution in [2.24, 2.45) is 0 Å². The fourth-order valence-corrected chi connectivity index (χ4v) is 5.91. The van der Waals surface area contributed by atoms with Gasteiger partial charge in [-0.05, 0) is 41.1 Å². The van der Waals surface area contributed by atoms with Gasteiger partial charge >= 0.3 is 0 Å². The Morgan fingerprint density at radius 1 is 0.409 bits per heavy atom. The molecule has 9 aromatic rings. The molecule has 6 heteroatoms. The molecule has 6 aromatic carbocycles. The fraction of sp³-hybridized carbons (Fsp3) is 0. The molecule has 0 radical (unpaired) electrons. The lowest BCUT2D eigenvalue weighted by atomic mass is 9.98. The highest BCUT2D eigenvalue weighted by molar-refractivity contribution is 6.24. The van der Waals surface area contributed by atoms with Crippen LogP contribution in [0.4, 0.5) is 0 Å². The molecule has 0 unspecified atom stereocenters. The Kier molecular flexibility index (Phi) is 5.40. The van der Waals surface area contributed by atoms with Crippen molar-refractivity contribution in [3.63, 3.8) is 0 Å². The van der Waals surface area contributed by atoms with E-state index in [1.54, 1.807) is 0 Å². The molecule has 0 amide bonds. The number of nitrogens with zero attached hydrogens (tertiary/aromatic N) is 4. The molecule has 0 aliphatic carbocycles. The minimum absolute atomic E-state index is 0.561. The van der Waals surface area contributed by atoms with Gasteiger partial charge in [-0.25, -0.2) is 19.9 Å². The van der Waals surface area contributed by atoms with Gasteiger partial charge < -0.3 is 8.83 Å². The summed E-state index contributed by atoms with van der Waals surface area (Å²) in [5.41, 5.74) is 6.42. The van der Waals surface area contributed by atoms with Gasteiger partial charge in [0.05, 0.1) is 0 Å². The normalized spacial score (nSPS) is 11.6. The van der Waals surface area contributed by atoms with Crippen molar-refractivity contribution in [1.29, 1.82) is 0 Å². The smallest absolute Gasteiger partial charge is 0.227 e. The standard InChI is InChI=1S/C38H22N4O2/c1-4-12-23(13-5-1)35-40-36(24-14-6-2-7-15-24)42-37(41-35)29-22-31-32(27-19-11-10-18-26(27)29)28-20-21-30-33(34(28)43-31)39-38(44-30)25-16-8-3-9-17-25/h1-22H. The van der Waals surface area contributed by atoms with Gasteiger partial charge in [0.1, 0.15) is 5.58 Å². The van der Waals surface area contributed by atoms with E-state index in [-0.39, 0.29) is 0 Å². The maximum atomic E-state index is 6.62. The van der Waals surface area contributed by atoms with E-state index < -0.39 is 0 Å². The molecular formula is C38H22N4O2. The third kappa shape index (κ3) is 3.89. The summed E-state index contributed by atoms with van der Waals surface area (Å²) in [5.74, 6) is 2.36. The highest BCUT2D eigenvalue weighted by Crippen LogP contribution is 2.42. The number of fused-ring (bicyclic) bond motifs is 7. The van der Waals surface area contributed by atoms with Crippen molar-refractivity contribution in [2.45, 2.75) is 0 Å². The number of aromatic nitrogens is 4. The van der Waals surface area contributed by atoms with Crippen LogP contribution in [0.1, 0.15) is 0 Å². The van der Waals surface area contributed by atoms with Crippen molar-refractivity contribution in [3.8, 4) is 45.6 Å². The maximum absolute atomic E-state index is 6.62. The Balaban J connectivity index is 1.32. The van der Waals surface area contributed by atoms with E-state index in [0.29, 0.717) is 40.0 Å². The number of oxazole rings is 1. The van der Waals surface area contributed by atoms with Gasteiger partial charge in [-0.15, -0.1) is 0 Å². The summed E-state index contributed by atoms with van der Waals surface area (Å²) in [7, 11) is 0. The second-order valence-corrected chi connectivity index (χ2v) is 10.7. The minimum Gasteiger partial charge on any atom is -0.454 e. The number of rotatable bonds is 4. The van der Waals surface area contributed by atoms with Gasteiger partial charge in [0.2, 0.25) is 5.89 Å². The molecule has 0 atom stereocenters. The monoisotopic (exact) mass is 566 g/mol. The predicted octanol–water partition coefficient (Wildman–Crippen LogP) is 9.73. The molecule has 206 valence electrons. The molecule has 0 bridgehead atoms. The van der Waals surface area contributed by atoms with Crippen molar-refractivity contribution in [2.75, 3.05) is 0 Å². The van der Waals surface area contributed by atoms with Gasteiger partial charge in [-0.1, -0.05) is 103 Å². The van der Waals surface area contributed by atoms with Gasteiger partial charge in [0.15, 0.2) is 34.2 Å². The Morgan fingerprint density at radius 2 is 0.977 bits per heavy atom. The summed E-state index contributed by atoms with van der Waals surface area (Å²) < 4.78 is 12.8. The van der Waals surface area contributed by atoms with E-state index in [0.717, 1.165) is 49.4 Å². The van der Waals surface area contributed by atoms with Crippen molar-refractivity contribution < 1.29 is 8.83 Å². The molecule has 0 N–H and O–H groups in total. The van der Waals surface area contributed by atoms with Gasteiger partial charge in [0, 0.05) is 33.0 Å². The van der Waals surface area contributed by atoms with Gasteiger partial charge in [-0.3, -0.25) is 0 Å². The van der Waals surface area contributed by atoms with Crippen LogP contribution in [-0.4, -0.2) is 19.9 Å². The van der Waals surface area contributed by atoms with Crippen LogP contribution >= 0.6 is 0 Å². The Morgan fingerprint density at radius 3 is 1.64 bits per heavy atom. The summed E-state index contributed by atoms with van der Waals surface area (Å²) in [6.07, 6.45) is 0. The summed E-state index contributed by atoms with van der Waals surface area (Å²) in [6, 6.07) is 44.3. The second-order valence-electron chi connectivity index (χ2n) is 10.7. The zero-order chi connectivity index (χ0) is 29.0. The van der Waals surface area contributed by atoms with E-state index in [2.05, 4.69) is 18.2 Å². The topological polar surface area (TPSA) is 77.8 Å². The lowest BCUT2D eigenvalue weighted by Gasteiger charge is -2.11. The first-order valence-electron chi connectivity index (χ1n) is 14.4. The molecule has 0 fully saturated rings. The van der Waals surface area contributed by atoms with Crippen LogP contribution in [0.15, 0.2) is 142 Å². The molecule has 6 nitrogen and oxygen atoms in total. The van der Waals surface area contributed by atoms with Crippen molar-refractivity contribution >= 4 is 43.8 Å². The van der Waals surface area contributed by atoms with Crippen LogP contribution in [0.2, 0.25) is 0 Å². The molecule has 9 rings (SSSR count). The summed E-state index contributed by atoms with van der Waals surface area (Å²) >= 11 is 0. The molecule has 0 spiro atoms. The van der Waals surface area contributed by atoms with Crippen LogP contribution in [-0.2, 0) is 0 Å². The fourth-order valence-electron chi connectivity index (χ4n) is 5.91. The van der Waals surface area contributed by atoms with Crippen molar-refractivity contribution in [3.05, 3.63) is 133 Å². The van der Waals surface area contributed by atoms with Gasteiger partial charge in [0.25, 0.3) is 0 Å². The summed E-state index contributed by atoms with van der Waals surface area (Å²) in [4.78, 5) is 19.7. The molecule has 3 heterocycles. The van der Waals surface area contributed by atoms with Crippen LogP contribution in [0.5, 0.6) is 0 Å². The van der Waals surface area contributed by atoms with Gasteiger partial charge in [-0.2, -0.15) is 0 Å². The average molecular weight is 567 g/mol. The SMILES string of the molecule is c1ccc(-c2nc(-c3ccccc3)nc(-c3cc4oc5c(ccc6oc(-c7ccccc7)nc65)c4c4ccccc34)n2)cc1. The molecular weight excluding hydrogens is 544 g/mol. The Labute approximate surface area is 251 Å². The van der Waals surface area contributed by atoms with E-state index in [1.807, 2.05) is 115 Å². The number of hydrogen-bond donors (Lipinski definition) is 0. The van der Waals surface area contributed by atoms with E-state index in [9.17, 15) is 0 Å². The molecule has 44 heavy (non-hydrogen) atoms. The molecule has 0 saturated heterocycles. The Bertz CT molecular complexity index is 2430. The van der Waals surface area contributed by atoms with Crippen LogP contribution in [0.25, 0.3) is 89.4 Å². The summed E-state index contributed by atoms with van der Waals surface area (Å²) in [5, 5.41) is 4.07. The first kappa shape index (κ1) is 24.5. The zero-order valence-electron chi connectivity index (χ0n) is 23.3. The predicted molar refractivity (Wildman–Crippen MR) is 174 cm³/mol. The third-order valence-corrected chi connectivity index (χ3v) is 7.97. The number of hydrogen-bond acceptors (Lipinski definition) is 6. The maximum Gasteiger partial charge on any atom is 0.227 e. The minimum atomic E-state index is 0.561. The lowest BCUT2D eigenvalue weighted by molar-refractivity contribution is 0.620. The molecule has 0 saturated carbocycles. The quantitative estimate of drug-likeness (QED) is 0.211. The summed E-state index contributed by atoms with van der Waals surface area (Å²) in [6.45, 7) is 0. The third-order valence-electron chi connectivity index (χ3n) is 7.97. The largest absolute Gasteiger partial charge is 0.454 e. The number of furan rings is 1. The highest BCUT2D eigenvalue weighted by Gasteiger charge is 2.21. The van der Waals surface area contributed by atoms with Crippen LogP contribution in [0, 0.1) is 0 Å². The van der Waals surface area contributed by atoms with Crippen LogP contribution < -0.4 is 0 Å². The van der Waals surface area contributed by atoms with E-state index in [1.165, 1.54) is 0 Å².